The van der Waals surface area contributed by atoms with Crippen molar-refractivity contribution in [2.24, 2.45) is 0 Å². The number of aromatic nitrogens is 3. The van der Waals surface area contributed by atoms with E-state index in [0.29, 0.717) is 6.07 Å². The van der Waals surface area contributed by atoms with Gasteiger partial charge in [-0.25, -0.2) is 21.8 Å². The maximum Gasteiger partial charge on any atom is 0.435 e. The third kappa shape index (κ3) is 6.16. The highest BCUT2D eigenvalue weighted by Crippen LogP contribution is 2.38. The molecule has 0 aliphatic carbocycles. The van der Waals surface area contributed by atoms with Gasteiger partial charge >= 0.3 is 6.18 Å². The normalized spacial score (nSPS) is 13.5. The molecule has 0 aliphatic rings. The topological polar surface area (TPSA) is 161 Å². The third-order valence-corrected chi connectivity index (χ3v) is 6.99. The largest absolute Gasteiger partial charge is 0.478 e. The van der Waals surface area contributed by atoms with Crippen molar-refractivity contribution in [3.8, 4) is 17.5 Å². The molecular formula is C21H19F4N5O6S2. The molecule has 0 radical (unpaired) electrons. The first-order chi connectivity index (χ1) is 17.4. The van der Waals surface area contributed by atoms with Crippen LogP contribution in [0.4, 0.5) is 23.2 Å². The maximum atomic E-state index is 14.8. The Morgan fingerprint density at radius 1 is 1.08 bits per heavy atom. The van der Waals surface area contributed by atoms with Gasteiger partial charge in [0.1, 0.15) is 5.56 Å². The van der Waals surface area contributed by atoms with Crippen molar-refractivity contribution in [3.05, 3.63) is 53.0 Å². The fraction of sp³-hybridized carbons (Fsp3) is 0.238. The molecule has 11 nitrogen and oxygen atoms in total. The van der Waals surface area contributed by atoms with Crippen LogP contribution in [0.5, 0.6) is 17.5 Å². The Bertz CT molecular complexity index is 1640. The fourth-order valence-corrected chi connectivity index (χ4v) is 4.35. The van der Waals surface area contributed by atoms with Crippen LogP contribution >= 0.6 is 0 Å². The van der Waals surface area contributed by atoms with Gasteiger partial charge in [-0.3, -0.25) is 4.79 Å². The average Bonchev–Trinajstić information content (AvgIpc) is 2.78. The summed E-state index contributed by atoms with van der Waals surface area (Å²) in [6.07, 6.45) is -3.13. The summed E-state index contributed by atoms with van der Waals surface area (Å²) < 4.78 is 109. The van der Waals surface area contributed by atoms with E-state index >= 15 is 0 Å². The minimum Gasteiger partial charge on any atom is -0.478 e. The van der Waals surface area contributed by atoms with Crippen LogP contribution < -0.4 is 14.8 Å². The van der Waals surface area contributed by atoms with Crippen molar-refractivity contribution in [2.45, 2.75) is 23.0 Å². The van der Waals surface area contributed by atoms with Gasteiger partial charge in [0, 0.05) is 29.2 Å². The zero-order valence-corrected chi connectivity index (χ0v) is 21.6. The monoisotopic (exact) mass is 577 g/mol. The molecule has 38 heavy (non-hydrogen) atoms. The summed E-state index contributed by atoms with van der Waals surface area (Å²) in [5.74, 6) is -4.97. The van der Waals surface area contributed by atoms with Crippen molar-refractivity contribution >= 4 is 31.2 Å². The summed E-state index contributed by atoms with van der Waals surface area (Å²) >= 11 is 0. The number of carbonyl (C=O) groups is 1. The van der Waals surface area contributed by atoms with Crippen LogP contribution in [0.15, 0.2) is 40.3 Å². The Kier molecular flexibility index (Phi) is 7.65. The minimum atomic E-state index is -5.02. The number of nitrogens with zero attached hydrogens (tertiary/aromatic N) is 3. The number of sulfone groups is 1. The van der Waals surface area contributed by atoms with E-state index in [9.17, 15) is 35.0 Å². The Labute approximate surface area is 214 Å². The second kappa shape index (κ2) is 10.1. The van der Waals surface area contributed by atoms with E-state index in [1.54, 1.807) is 0 Å². The van der Waals surface area contributed by atoms with Crippen molar-refractivity contribution in [2.75, 3.05) is 24.9 Å². The molecule has 17 heteroatoms. The molecule has 0 bridgehead atoms. The second-order valence-corrected chi connectivity index (χ2v) is 12.0. The fourth-order valence-electron chi connectivity index (χ4n) is 3.09. The molecule has 1 atom stereocenters. The number of hydrogen-bond acceptors (Lipinski definition) is 10. The van der Waals surface area contributed by atoms with E-state index in [1.807, 2.05) is 0 Å². The minimum absolute atomic E-state index is 0.0204. The van der Waals surface area contributed by atoms with Gasteiger partial charge in [-0.1, -0.05) is 6.07 Å². The van der Waals surface area contributed by atoms with Crippen LogP contribution in [0.2, 0.25) is 0 Å². The lowest BCUT2D eigenvalue weighted by Crippen LogP contribution is -2.21. The predicted molar refractivity (Wildman–Crippen MR) is 125 cm³/mol. The van der Waals surface area contributed by atoms with Gasteiger partial charge in [0.15, 0.2) is 26.4 Å². The summed E-state index contributed by atoms with van der Waals surface area (Å²) in [4.78, 5) is 16.8. The third-order valence-electron chi connectivity index (χ3n) is 4.87. The van der Waals surface area contributed by atoms with E-state index in [4.69, 9.17) is 14.3 Å². The van der Waals surface area contributed by atoms with Crippen molar-refractivity contribution in [1.82, 2.24) is 15.2 Å². The van der Waals surface area contributed by atoms with Crippen LogP contribution in [0, 0.1) is 17.5 Å². The standard InChI is InChI=1S/C21H19F4N5O6S2/c1-10-15(18(31)27-11-6-5-7-12(8-11)37(3,26)32)19(30-29-17(10)21(23,24)25)36-16-13(22)9-14(38(4,33)34)28-20(16)35-2/h5-9,26H,1-4H3,(H,27,31). The van der Waals surface area contributed by atoms with Gasteiger partial charge in [-0.2, -0.15) is 18.2 Å². The highest BCUT2D eigenvalue weighted by atomic mass is 32.2. The number of anilines is 1. The molecule has 2 heterocycles. The Morgan fingerprint density at radius 2 is 1.74 bits per heavy atom. The van der Waals surface area contributed by atoms with Crippen LogP contribution in [0.3, 0.4) is 0 Å². The first-order valence-electron chi connectivity index (χ1n) is 10.2. The number of hydrogen-bond donors (Lipinski definition) is 2. The first kappa shape index (κ1) is 28.7. The Morgan fingerprint density at radius 3 is 2.29 bits per heavy atom. The summed E-state index contributed by atoms with van der Waals surface area (Å²) in [5.41, 5.74) is -3.07. The summed E-state index contributed by atoms with van der Waals surface area (Å²) in [6, 6.07) is 5.75. The van der Waals surface area contributed by atoms with Crippen molar-refractivity contribution in [1.29, 1.82) is 4.78 Å². The summed E-state index contributed by atoms with van der Waals surface area (Å²) in [5, 5.41) is 7.96. The number of ether oxygens (including phenoxy) is 2. The van der Waals surface area contributed by atoms with Gasteiger partial charge in [0.25, 0.3) is 17.7 Å². The number of methoxy groups -OCH3 is 1. The lowest BCUT2D eigenvalue weighted by Gasteiger charge is -2.17. The second-order valence-electron chi connectivity index (χ2n) is 7.83. The van der Waals surface area contributed by atoms with E-state index < -0.39 is 76.8 Å². The molecule has 0 saturated heterocycles. The molecule has 3 aromatic rings. The van der Waals surface area contributed by atoms with E-state index in [1.165, 1.54) is 24.3 Å². The number of carbonyl (C=O) groups excluding carboxylic acids is 1. The summed E-state index contributed by atoms with van der Waals surface area (Å²) in [7, 11) is -6.17. The molecule has 2 N–H and O–H groups in total. The quantitative estimate of drug-likeness (QED) is 0.398. The molecule has 0 spiro atoms. The number of nitrogens with one attached hydrogen (secondary N) is 2. The lowest BCUT2D eigenvalue weighted by atomic mass is 10.1. The summed E-state index contributed by atoms with van der Waals surface area (Å²) in [6.45, 7) is 0.914. The van der Waals surface area contributed by atoms with E-state index in [0.717, 1.165) is 26.5 Å². The molecule has 204 valence electrons. The van der Waals surface area contributed by atoms with Crippen LogP contribution in [-0.4, -0.2) is 53.3 Å². The molecule has 1 aromatic carbocycles. The molecule has 2 aromatic heterocycles. The zero-order chi connectivity index (χ0) is 28.6. The number of amides is 1. The SMILES string of the molecule is COc1nc(S(C)(=O)=O)cc(F)c1Oc1nnc(C(F)(F)F)c(C)c1C(=O)Nc1cccc(S(C)(=N)=O)c1. The van der Waals surface area contributed by atoms with Gasteiger partial charge in [0.2, 0.25) is 5.75 Å². The average molecular weight is 578 g/mol. The van der Waals surface area contributed by atoms with E-state index in [-0.39, 0.29) is 10.6 Å². The van der Waals surface area contributed by atoms with Crippen molar-refractivity contribution in [3.63, 3.8) is 0 Å². The molecule has 1 unspecified atom stereocenters. The molecule has 0 fully saturated rings. The highest BCUT2D eigenvalue weighted by Gasteiger charge is 2.38. The molecule has 3 rings (SSSR count). The van der Waals surface area contributed by atoms with Crippen LogP contribution in [0.25, 0.3) is 0 Å². The number of halogens is 4. The molecule has 0 aliphatic heterocycles. The Hall–Kier alpha value is -3.86. The van der Waals surface area contributed by atoms with Gasteiger partial charge in [-0.15, -0.1) is 10.2 Å². The van der Waals surface area contributed by atoms with Gasteiger partial charge in [0.05, 0.1) is 16.8 Å². The number of benzene rings is 1. The smallest absolute Gasteiger partial charge is 0.435 e. The first-order valence-corrected chi connectivity index (χ1v) is 14.0. The predicted octanol–water partition coefficient (Wildman–Crippen LogP) is 3.83. The highest BCUT2D eigenvalue weighted by molar-refractivity contribution is 7.91. The van der Waals surface area contributed by atoms with E-state index in [2.05, 4.69) is 20.5 Å². The van der Waals surface area contributed by atoms with Gasteiger partial charge < -0.3 is 14.8 Å². The zero-order valence-electron chi connectivity index (χ0n) is 20.0. The number of alkyl halides is 3. The molecule has 1 amide bonds. The van der Waals surface area contributed by atoms with Gasteiger partial charge in [-0.05, 0) is 30.7 Å². The van der Waals surface area contributed by atoms with Crippen molar-refractivity contribution < 1.29 is 44.5 Å². The number of rotatable bonds is 7. The Balaban J connectivity index is 2.16. The maximum absolute atomic E-state index is 14.8. The molecule has 0 saturated carbocycles. The van der Waals surface area contributed by atoms with Crippen LogP contribution in [-0.2, 0) is 25.7 Å². The molecular weight excluding hydrogens is 558 g/mol. The number of pyridine rings is 1. The lowest BCUT2D eigenvalue weighted by molar-refractivity contribution is -0.142. The van der Waals surface area contributed by atoms with Crippen LogP contribution in [0.1, 0.15) is 21.6 Å².